The van der Waals surface area contributed by atoms with Crippen LogP contribution in [0, 0.1) is 0 Å². The van der Waals surface area contributed by atoms with Crippen LogP contribution in [0.1, 0.15) is 33.4 Å². The molecule has 6 aromatic rings. The highest BCUT2D eigenvalue weighted by molar-refractivity contribution is 7.53. The number of hydrogen-bond donors (Lipinski definition) is 1. The van der Waals surface area contributed by atoms with Gasteiger partial charge in [-0.2, -0.15) is 0 Å². The lowest BCUT2D eigenvalue weighted by molar-refractivity contribution is -0.215. The van der Waals surface area contributed by atoms with Gasteiger partial charge in [-0.1, -0.05) is 182 Å². The molecule has 0 aromatic heterocycles. The molecule has 1 N–H and O–H groups in total. The lowest BCUT2D eigenvalue weighted by Gasteiger charge is -2.37. The van der Waals surface area contributed by atoms with Crippen molar-refractivity contribution in [2.45, 2.75) is 64.1 Å². The van der Waals surface area contributed by atoms with Crippen LogP contribution in [-0.4, -0.2) is 53.7 Å². The van der Waals surface area contributed by atoms with Crippen molar-refractivity contribution in [1.29, 1.82) is 0 Å². The van der Waals surface area contributed by atoms with Crippen LogP contribution in [0.25, 0.3) is 0 Å². The average Bonchev–Trinajstić information content (AvgIpc) is 3.30. The monoisotopic (exact) mass is 829 g/mol. The van der Waals surface area contributed by atoms with E-state index in [2.05, 4.69) is 0 Å². The summed E-state index contributed by atoms with van der Waals surface area (Å²) in [6, 6.07) is 56.9. The molecule has 312 valence electrons. The standard InChI is InChI=1S/C49H52NO9P/c51-39-50(57-35-43-25-13-4-14-26-43)31-47(54-32-40-19-7-1-8-20-40)49(56-34-42-23-11-3-12-24-42)48(55-33-41-21-9-2-10-22-41)46(52)38-60(53,58-36-44-27-15-5-16-28-44)59-37-45-29-17-6-18-30-45/h1-30,39,46-49,52H,31-38H2/t46?,47-,48+,49-/m0/s1. The molecule has 1 amide bonds. The van der Waals surface area contributed by atoms with E-state index >= 15 is 0 Å². The second-order valence-electron chi connectivity index (χ2n) is 14.2. The highest BCUT2D eigenvalue weighted by Gasteiger charge is 2.42. The van der Waals surface area contributed by atoms with E-state index in [9.17, 15) is 14.5 Å². The summed E-state index contributed by atoms with van der Waals surface area (Å²) in [6.45, 7) is 0.305. The van der Waals surface area contributed by atoms with Gasteiger partial charge in [0, 0.05) is 0 Å². The molecule has 0 fully saturated rings. The van der Waals surface area contributed by atoms with Crippen molar-refractivity contribution >= 4 is 14.0 Å². The van der Waals surface area contributed by atoms with Gasteiger partial charge in [0.2, 0.25) is 6.41 Å². The number of carbonyl (C=O) groups excluding carboxylic acids is 1. The van der Waals surface area contributed by atoms with Gasteiger partial charge in [-0.3, -0.25) is 14.2 Å². The van der Waals surface area contributed by atoms with Gasteiger partial charge in [-0.05, 0) is 33.4 Å². The number of hydroxylamine groups is 2. The summed E-state index contributed by atoms with van der Waals surface area (Å²) in [5.41, 5.74) is 5.01. The first-order valence-corrected chi connectivity index (χ1v) is 21.7. The van der Waals surface area contributed by atoms with Crippen LogP contribution in [0.4, 0.5) is 0 Å². The number of ether oxygens (including phenoxy) is 3. The lowest BCUT2D eigenvalue weighted by atomic mass is 10.0. The molecule has 0 aliphatic carbocycles. The minimum Gasteiger partial charge on any atom is -0.390 e. The van der Waals surface area contributed by atoms with E-state index in [1.54, 1.807) is 0 Å². The van der Waals surface area contributed by atoms with Crippen LogP contribution in [0.5, 0.6) is 0 Å². The fraction of sp³-hybridized carbons (Fsp3) is 0.245. The highest BCUT2D eigenvalue weighted by atomic mass is 31.2. The Morgan fingerprint density at radius 2 is 0.800 bits per heavy atom. The number of benzene rings is 6. The third-order valence-electron chi connectivity index (χ3n) is 9.62. The second-order valence-corrected chi connectivity index (χ2v) is 16.3. The van der Waals surface area contributed by atoms with Crippen molar-refractivity contribution < 1.29 is 42.6 Å². The summed E-state index contributed by atoms with van der Waals surface area (Å²) < 4.78 is 47.2. The van der Waals surface area contributed by atoms with Gasteiger partial charge in [-0.15, -0.1) is 0 Å². The SMILES string of the molecule is O=CN(C[C@H](OCc1ccccc1)[C@H](OCc1ccccc1)[C@H](OCc1ccccc1)C(O)CP(=O)(OCc1ccccc1)OCc1ccccc1)OCc1ccccc1. The fourth-order valence-corrected chi connectivity index (χ4v) is 8.05. The molecule has 0 aliphatic heterocycles. The van der Waals surface area contributed by atoms with Crippen LogP contribution in [-0.2, 0) is 77.1 Å². The van der Waals surface area contributed by atoms with Crippen molar-refractivity contribution in [3.8, 4) is 0 Å². The first kappa shape index (κ1) is 44.3. The summed E-state index contributed by atoms with van der Waals surface area (Å²) in [6.07, 6.45) is -4.52. The maximum atomic E-state index is 14.9. The summed E-state index contributed by atoms with van der Waals surface area (Å²) in [7, 11) is -4.06. The van der Waals surface area contributed by atoms with Gasteiger partial charge >= 0.3 is 7.60 Å². The van der Waals surface area contributed by atoms with Crippen LogP contribution in [0.15, 0.2) is 182 Å². The van der Waals surface area contributed by atoms with Gasteiger partial charge in [0.15, 0.2) is 0 Å². The van der Waals surface area contributed by atoms with Crippen LogP contribution in [0.3, 0.4) is 0 Å². The van der Waals surface area contributed by atoms with Gasteiger partial charge < -0.3 is 28.4 Å². The topological polar surface area (TPSA) is 113 Å². The first-order chi connectivity index (χ1) is 29.5. The van der Waals surface area contributed by atoms with Crippen molar-refractivity contribution in [3.63, 3.8) is 0 Å². The van der Waals surface area contributed by atoms with E-state index < -0.39 is 38.2 Å². The Labute approximate surface area is 352 Å². The maximum Gasteiger partial charge on any atom is 0.334 e. The van der Waals surface area contributed by atoms with Crippen molar-refractivity contribution in [2.24, 2.45) is 0 Å². The Morgan fingerprint density at radius 1 is 0.467 bits per heavy atom. The number of amides is 1. The Hall–Kier alpha value is -5.26. The third-order valence-corrected chi connectivity index (χ3v) is 11.5. The Kier molecular flexibility index (Phi) is 17.8. The van der Waals surface area contributed by atoms with Crippen LogP contribution >= 0.6 is 7.60 Å². The zero-order chi connectivity index (χ0) is 41.7. The predicted molar refractivity (Wildman–Crippen MR) is 230 cm³/mol. The van der Waals surface area contributed by atoms with Crippen molar-refractivity contribution in [2.75, 3.05) is 12.7 Å². The zero-order valence-electron chi connectivity index (χ0n) is 33.5. The minimum atomic E-state index is -4.06. The third kappa shape index (κ3) is 14.8. The summed E-state index contributed by atoms with van der Waals surface area (Å²) in [4.78, 5) is 18.7. The highest BCUT2D eigenvalue weighted by Crippen LogP contribution is 2.51. The molecule has 4 atom stereocenters. The number of aliphatic hydroxyl groups is 1. The van der Waals surface area contributed by atoms with E-state index in [4.69, 9.17) is 28.1 Å². The van der Waals surface area contributed by atoms with Crippen LogP contribution in [0.2, 0.25) is 0 Å². The van der Waals surface area contributed by atoms with Gasteiger partial charge in [0.25, 0.3) is 0 Å². The smallest absolute Gasteiger partial charge is 0.334 e. The van der Waals surface area contributed by atoms with E-state index in [1.165, 1.54) is 5.06 Å². The minimum absolute atomic E-state index is 0.0149. The van der Waals surface area contributed by atoms with Crippen molar-refractivity contribution in [3.05, 3.63) is 215 Å². The predicted octanol–water partition coefficient (Wildman–Crippen LogP) is 9.32. The Balaban J connectivity index is 1.35. The Bertz CT molecular complexity index is 2070. The molecule has 0 heterocycles. The Morgan fingerprint density at radius 3 is 1.18 bits per heavy atom. The molecule has 0 spiro atoms. The largest absolute Gasteiger partial charge is 0.390 e. The molecular formula is C49H52NO9P. The number of carbonyl (C=O) groups is 1. The fourth-order valence-electron chi connectivity index (χ4n) is 6.41. The molecule has 0 saturated heterocycles. The van der Waals surface area contributed by atoms with Gasteiger partial charge in [-0.25, -0.2) is 5.06 Å². The molecule has 0 bridgehead atoms. The number of hydrogen-bond acceptors (Lipinski definition) is 9. The van der Waals surface area contributed by atoms with E-state index in [1.807, 2.05) is 182 Å². The average molecular weight is 830 g/mol. The summed E-state index contributed by atoms with van der Waals surface area (Å²) in [5.74, 6) is 0. The molecule has 1 unspecified atom stereocenters. The lowest BCUT2D eigenvalue weighted by Crippen LogP contribution is -2.53. The molecule has 6 aromatic carbocycles. The molecule has 6 rings (SSSR count). The summed E-state index contributed by atoms with van der Waals surface area (Å²) >= 11 is 0. The second kappa shape index (κ2) is 24.1. The number of aliphatic hydroxyl groups excluding tert-OH is 1. The normalized spacial score (nSPS) is 13.6. The molecule has 60 heavy (non-hydrogen) atoms. The van der Waals surface area contributed by atoms with Gasteiger partial charge in [0.05, 0.1) is 51.8 Å². The molecule has 10 nitrogen and oxygen atoms in total. The molecular weight excluding hydrogens is 778 g/mol. The summed E-state index contributed by atoms with van der Waals surface area (Å²) in [5, 5.41) is 13.6. The zero-order valence-corrected chi connectivity index (χ0v) is 34.4. The van der Waals surface area contributed by atoms with E-state index in [-0.39, 0.29) is 46.2 Å². The first-order valence-electron chi connectivity index (χ1n) is 20.0. The van der Waals surface area contributed by atoms with Crippen LogP contribution < -0.4 is 0 Å². The van der Waals surface area contributed by atoms with Crippen molar-refractivity contribution in [1.82, 2.24) is 5.06 Å². The molecule has 11 heteroatoms. The molecule has 0 saturated carbocycles. The quantitative estimate of drug-likeness (QED) is 0.0325. The number of nitrogens with zero attached hydrogens (tertiary/aromatic N) is 1. The molecule has 0 radical (unpaired) electrons. The van der Waals surface area contributed by atoms with E-state index in [0.29, 0.717) is 6.41 Å². The van der Waals surface area contributed by atoms with E-state index in [0.717, 1.165) is 33.4 Å². The maximum absolute atomic E-state index is 14.9. The number of rotatable bonds is 26. The molecule has 0 aliphatic rings. The van der Waals surface area contributed by atoms with Gasteiger partial charge in [0.1, 0.15) is 24.9 Å².